The summed E-state index contributed by atoms with van der Waals surface area (Å²) in [5, 5.41) is 3.59. The fourth-order valence-electron chi connectivity index (χ4n) is 4.94. The maximum absolute atomic E-state index is 13.4. The second kappa shape index (κ2) is 10.8. The van der Waals surface area contributed by atoms with Crippen molar-refractivity contribution in [1.29, 1.82) is 0 Å². The zero-order chi connectivity index (χ0) is 23.4. The molecule has 2 fully saturated rings. The second-order valence-corrected chi connectivity index (χ2v) is 9.83. The van der Waals surface area contributed by atoms with Gasteiger partial charge in [-0.25, -0.2) is 0 Å². The number of ether oxygens (including phenoxy) is 1. The molecule has 1 saturated heterocycles. The van der Waals surface area contributed by atoms with Crippen LogP contribution in [0.5, 0.6) is 5.75 Å². The van der Waals surface area contributed by atoms with E-state index < -0.39 is 0 Å². The smallest absolute Gasteiger partial charge is 0.257 e. The number of benzene rings is 2. The first-order valence-electron chi connectivity index (χ1n) is 11.8. The molecule has 2 aromatic carbocycles. The van der Waals surface area contributed by atoms with Gasteiger partial charge >= 0.3 is 0 Å². The van der Waals surface area contributed by atoms with Gasteiger partial charge in [0.25, 0.3) is 11.8 Å². The summed E-state index contributed by atoms with van der Waals surface area (Å²) in [6, 6.07) is 9.94. The van der Waals surface area contributed by atoms with Crippen molar-refractivity contribution in [1.82, 2.24) is 4.90 Å². The Kier molecular flexibility index (Phi) is 7.82. The number of piperidine rings is 1. The molecule has 2 aromatic rings. The highest BCUT2D eigenvalue weighted by molar-refractivity contribution is 6.37. The molecule has 4 rings (SSSR count). The van der Waals surface area contributed by atoms with Crippen LogP contribution in [0.15, 0.2) is 36.4 Å². The Hall–Kier alpha value is -2.24. The molecule has 0 spiro atoms. The molecule has 1 heterocycles. The fourth-order valence-corrected chi connectivity index (χ4v) is 5.43. The van der Waals surface area contributed by atoms with Crippen molar-refractivity contribution >= 4 is 40.7 Å². The van der Waals surface area contributed by atoms with E-state index in [0.717, 1.165) is 31.8 Å². The third-order valence-corrected chi connectivity index (χ3v) is 7.23. The van der Waals surface area contributed by atoms with Crippen molar-refractivity contribution < 1.29 is 14.3 Å². The molecule has 1 N–H and O–H groups in total. The topological polar surface area (TPSA) is 58.6 Å². The lowest BCUT2D eigenvalue weighted by molar-refractivity contribution is 0.0517. The molecule has 1 aliphatic carbocycles. The summed E-state index contributed by atoms with van der Waals surface area (Å²) in [5.41, 5.74) is 1.41. The van der Waals surface area contributed by atoms with Gasteiger partial charge in [0.15, 0.2) is 0 Å². The van der Waals surface area contributed by atoms with E-state index in [0.29, 0.717) is 40.1 Å². The molecule has 33 heavy (non-hydrogen) atoms. The van der Waals surface area contributed by atoms with Gasteiger partial charge in [-0.15, -0.1) is 0 Å². The molecular formula is C26H30Cl2N2O3. The largest absolute Gasteiger partial charge is 0.493 e. The van der Waals surface area contributed by atoms with Crippen molar-refractivity contribution in [2.24, 2.45) is 11.8 Å². The highest BCUT2D eigenvalue weighted by atomic mass is 35.5. The summed E-state index contributed by atoms with van der Waals surface area (Å²) >= 11 is 12.1. The number of anilines is 1. The van der Waals surface area contributed by atoms with Crippen molar-refractivity contribution in [3.63, 3.8) is 0 Å². The number of nitrogens with one attached hydrogen (secondary N) is 1. The first-order chi connectivity index (χ1) is 16.0. The third kappa shape index (κ3) is 5.64. The van der Waals surface area contributed by atoms with Gasteiger partial charge in [-0.2, -0.15) is 0 Å². The molecule has 2 aliphatic rings. The third-order valence-electron chi connectivity index (χ3n) is 6.69. The zero-order valence-corrected chi connectivity index (χ0v) is 20.4. The maximum Gasteiger partial charge on any atom is 0.257 e. The van der Waals surface area contributed by atoms with Crippen LogP contribution in [0.2, 0.25) is 10.0 Å². The molecule has 0 bridgehead atoms. The minimum absolute atomic E-state index is 0.00347. The molecule has 2 atom stereocenters. The van der Waals surface area contributed by atoms with Crippen LogP contribution in [-0.4, -0.2) is 36.4 Å². The lowest BCUT2D eigenvalue weighted by Crippen LogP contribution is -2.44. The van der Waals surface area contributed by atoms with Gasteiger partial charge in [-0.1, -0.05) is 49.4 Å². The van der Waals surface area contributed by atoms with Crippen molar-refractivity contribution in [2.75, 3.05) is 25.0 Å². The van der Waals surface area contributed by atoms with Crippen LogP contribution in [0.4, 0.5) is 5.69 Å². The van der Waals surface area contributed by atoms with E-state index in [1.165, 1.54) is 31.7 Å². The number of likely N-dealkylation sites (tertiary alicyclic amines) is 1. The number of fused-ring (bicyclic) bond motifs is 1. The SMILES string of the molecule is CCCOc1cc(NC(=O)c2ccc(Cl)cc2Cl)ccc1C(=O)N1CC[C@H]2CCCC[C@H]2C1. The van der Waals surface area contributed by atoms with E-state index in [2.05, 4.69) is 5.32 Å². The monoisotopic (exact) mass is 488 g/mol. The van der Waals surface area contributed by atoms with Crippen LogP contribution in [0, 0.1) is 11.8 Å². The molecule has 0 aromatic heterocycles. The number of carbonyl (C=O) groups is 2. The highest BCUT2D eigenvalue weighted by Crippen LogP contribution is 2.37. The number of hydrogen-bond acceptors (Lipinski definition) is 3. The molecule has 1 aliphatic heterocycles. The average molecular weight is 489 g/mol. The van der Waals surface area contributed by atoms with Gasteiger partial charge < -0.3 is 15.0 Å². The lowest BCUT2D eigenvalue weighted by Gasteiger charge is -2.41. The number of halogens is 2. The summed E-state index contributed by atoms with van der Waals surface area (Å²) in [6.45, 7) is 4.12. The van der Waals surface area contributed by atoms with Gasteiger partial charge in [-0.05, 0) is 61.4 Å². The van der Waals surface area contributed by atoms with Gasteiger partial charge in [0, 0.05) is 29.9 Å². The van der Waals surface area contributed by atoms with Gasteiger partial charge in [-0.3, -0.25) is 9.59 Å². The molecule has 176 valence electrons. The first kappa shape index (κ1) is 23.9. The summed E-state index contributed by atoms with van der Waals surface area (Å²) in [7, 11) is 0. The Morgan fingerprint density at radius 1 is 1.03 bits per heavy atom. The quantitative estimate of drug-likeness (QED) is 0.492. The van der Waals surface area contributed by atoms with Crippen LogP contribution in [0.25, 0.3) is 0 Å². The van der Waals surface area contributed by atoms with Crippen LogP contribution in [-0.2, 0) is 0 Å². The molecule has 0 radical (unpaired) electrons. The highest BCUT2D eigenvalue weighted by Gasteiger charge is 2.34. The molecule has 5 nitrogen and oxygen atoms in total. The maximum atomic E-state index is 13.4. The van der Waals surface area contributed by atoms with Gasteiger partial charge in [0.1, 0.15) is 5.75 Å². The number of amides is 2. The molecule has 2 amide bonds. The Balaban J connectivity index is 1.52. The molecular weight excluding hydrogens is 459 g/mol. The minimum Gasteiger partial charge on any atom is -0.493 e. The van der Waals surface area contributed by atoms with Crippen LogP contribution < -0.4 is 10.1 Å². The number of rotatable bonds is 6. The van der Waals surface area contributed by atoms with E-state index in [1.54, 1.807) is 30.3 Å². The van der Waals surface area contributed by atoms with E-state index in [4.69, 9.17) is 27.9 Å². The minimum atomic E-state index is -0.350. The van der Waals surface area contributed by atoms with Crippen LogP contribution in [0.1, 0.15) is 66.2 Å². The second-order valence-electron chi connectivity index (χ2n) is 8.98. The van der Waals surface area contributed by atoms with E-state index in [1.807, 2.05) is 11.8 Å². The molecule has 1 saturated carbocycles. The van der Waals surface area contributed by atoms with E-state index in [9.17, 15) is 9.59 Å². The number of hydrogen-bond donors (Lipinski definition) is 1. The summed E-state index contributed by atoms with van der Waals surface area (Å²) in [5.74, 6) is 1.52. The number of carbonyl (C=O) groups excluding carboxylic acids is 2. The van der Waals surface area contributed by atoms with Gasteiger partial charge in [0.2, 0.25) is 0 Å². The van der Waals surface area contributed by atoms with Crippen LogP contribution >= 0.6 is 23.2 Å². The number of nitrogens with zero attached hydrogens (tertiary/aromatic N) is 1. The summed E-state index contributed by atoms with van der Waals surface area (Å²) in [6.07, 6.45) is 6.99. The van der Waals surface area contributed by atoms with Crippen molar-refractivity contribution in [3.8, 4) is 5.75 Å². The lowest BCUT2D eigenvalue weighted by atomic mass is 9.75. The van der Waals surface area contributed by atoms with E-state index >= 15 is 0 Å². The van der Waals surface area contributed by atoms with Gasteiger partial charge in [0.05, 0.1) is 22.8 Å². The Morgan fingerprint density at radius 3 is 2.55 bits per heavy atom. The normalized spacial score (nSPS) is 20.2. The van der Waals surface area contributed by atoms with Crippen molar-refractivity contribution in [3.05, 3.63) is 57.6 Å². The Labute approximate surface area is 205 Å². The first-order valence-corrected chi connectivity index (χ1v) is 12.5. The Bertz CT molecular complexity index is 1030. The molecule has 7 heteroatoms. The van der Waals surface area contributed by atoms with Crippen molar-refractivity contribution in [2.45, 2.75) is 45.4 Å². The zero-order valence-electron chi connectivity index (χ0n) is 18.9. The Morgan fingerprint density at radius 2 is 1.79 bits per heavy atom. The van der Waals surface area contributed by atoms with Crippen LogP contribution in [0.3, 0.4) is 0 Å². The molecule has 0 unspecified atom stereocenters. The summed E-state index contributed by atoms with van der Waals surface area (Å²) in [4.78, 5) is 28.1. The summed E-state index contributed by atoms with van der Waals surface area (Å²) < 4.78 is 5.93. The average Bonchev–Trinajstić information content (AvgIpc) is 2.82. The predicted octanol–water partition coefficient (Wildman–Crippen LogP) is 6.69. The fraction of sp³-hybridized carbons (Fsp3) is 0.462. The standard InChI is InChI=1S/C26H30Cl2N2O3/c1-2-13-33-24-15-20(29-25(31)21-9-7-19(27)14-23(21)28)8-10-22(24)26(32)30-12-11-17-5-3-4-6-18(17)16-30/h7-10,14-15,17-18H,2-6,11-13,16H2,1H3,(H,29,31)/t17-,18+/m1/s1. The predicted molar refractivity (Wildman–Crippen MR) is 133 cm³/mol. The van der Waals surface area contributed by atoms with E-state index in [-0.39, 0.29) is 16.8 Å².